The third-order valence-corrected chi connectivity index (χ3v) is 5.65. The summed E-state index contributed by atoms with van der Waals surface area (Å²) in [4.78, 5) is 2.86. The minimum atomic E-state index is 0.267. The molecule has 1 aromatic heterocycles. The van der Waals surface area contributed by atoms with Crippen molar-refractivity contribution in [2.45, 2.75) is 57.2 Å². The Morgan fingerprint density at radius 1 is 1.25 bits per heavy atom. The molecule has 1 aliphatic rings. The molecule has 1 saturated carbocycles. The van der Waals surface area contributed by atoms with Gasteiger partial charge in [-0.1, -0.05) is 32.6 Å². The van der Waals surface area contributed by atoms with Crippen molar-refractivity contribution in [3.8, 4) is 0 Å². The smallest absolute Gasteiger partial charge is 0.0706 e. The van der Waals surface area contributed by atoms with E-state index in [9.17, 15) is 0 Å². The topological polar surface area (TPSA) is 0 Å². The summed E-state index contributed by atoms with van der Waals surface area (Å²) >= 11 is 8.55. The number of halogens is 1. The zero-order chi connectivity index (χ0) is 11.4. The molecule has 2 heteroatoms. The van der Waals surface area contributed by atoms with E-state index in [0.717, 1.165) is 6.42 Å². The van der Waals surface area contributed by atoms with E-state index >= 15 is 0 Å². The Morgan fingerprint density at radius 3 is 2.50 bits per heavy atom. The van der Waals surface area contributed by atoms with Gasteiger partial charge in [0.25, 0.3) is 0 Å². The van der Waals surface area contributed by atoms with Gasteiger partial charge in [0, 0.05) is 9.75 Å². The highest BCUT2D eigenvalue weighted by Gasteiger charge is 2.23. The summed E-state index contributed by atoms with van der Waals surface area (Å²) in [5, 5.41) is 0.267. The van der Waals surface area contributed by atoms with E-state index in [4.69, 9.17) is 11.6 Å². The lowest BCUT2D eigenvalue weighted by molar-refractivity contribution is 0.448. The molecule has 0 bridgehead atoms. The maximum atomic E-state index is 6.64. The van der Waals surface area contributed by atoms with Gasteiger partial charge in [0.15, 0.2) is 0 Å². The molecule has 90 valence electrons. The van der Waals surface area contributed by atoms with Crippen molar-refractivity contribution in [3.05, 3.63) is 21.9 Å². The zero-order valence-corrected chi connectivity index (χ0v) is 11.6. The third kappa shape index (κ3) is 3.01. The summed E-state index contributed by atoms with van der Waals surface area (Å²) < 4.78 is 0. The Labute approximate surface area is 108 Å². The first kappa shape index (κ1) is 12.4. The summed E-state index contributed by atoms with van der Waals surface area (Å²) in [5.74, 6) is 0.715. The molecule has 1 heterocycles. The van der Waals surface area contributed by atoms with Crippen LogP contribution in [0.15, 0.2) is 12.1 Å². The van der Waals surface area contributed by atoms with Crippen LogP contribution in [0.1, 0.15) is 60.6 Å². The quantitative estimate of drug-likeness (QED) is 0.491. The predicted molar refractivity (Wildman–Crippen MR) is 73.5 cm³/mol. The van der Waals surface area contributed by atoms with Gasteiger partial charge in [0.2, 0.25) is 0 Å². The summed E-state index contributed by atoms with van der Waals surface area (Å²) in [5.41, 5.74) is 0. The Balaban J connectivity index is 2.01. The van der Waals surface area contributed by atoms with Gasteiger partial charge in [-0.3, -0.25) is 0 Å². The molecule has 0 amide bonds. The van der Waals surface area contributed by atoms with Gasteiger partial charge in [-0.25, -0.2) is 0 Å². The molecule has 0 nitrogen and oxygen atoms in total. The predicted octanol–water partition coefficient (Wildman–Crippen LogP) is 5.56. The summed E-state index contributed by atoms with van der Waals surface area (Å²) in [6.45, 7) is 2.21. The minimum absolute atomic E-state index is 0.267. The summed E-state index contributed by atoms with van der Waals surface area (Å²) in [6.07, 6.45) is 9.36. The van der Waals surface area contributed by atoms with Crippen molar-refractivity contribution in [1.82, 2.24) is 0 Å². The normalized spacial score (nSPS) is 20.6. The number of alkyl halides is 1. The lowest BCUT2D eigenvalue weighted by Crippen LogP contribution is -2.05. The van der Waals surface area contributed by atoms with E-state index < -0.39 is 0 Å². The minimum Gasteiger partial charge on any atom is -0.144 e. The summed E-state index contributed by atoms with van der Waals surface area (Å²) in [7, 11) is 0. The van der Waals surface area contributed by atoms with Crippen molar-refractivity contribution in [2.24, 2.45) is 5.92 Å². The SMILES string of the molecule is CCc1ccc(C(Cl)C2CCCCCC2)s1. The molecule has 1 atom stereocenters. The number of hydrogen-bond acceptors (Lipinski definition) is 1. The van der Waals surface area contributed by atoms with Gasteiger partial charge in [-0.05, 0) is 37.3 Å². The van der Waals surface area contributed by atoms with Crippen molar-refractivity contribution >= 4 is 22.9 Å². The van der Waals surface area contributed by atoms with Crippen molar-refractivity contribution in [1.29, 1.82) is 0 Å². The lowest BCUT2D eigenvalue weighted by Gasteiger charge is -2.19. The summed E-state index contributed by atoms with van der Waals surface area (Å²) in [6, 6.07) is 4.48. The maximum absolute atomic E-state index is 6.64. The van der Waals surface area contributed by atoms with Crippen LogP contribution in [0.25, 0.3) is 0 Å². The second kappa shape index (κ2) is 6.07. The van der Waals surface area contributed by atoms with Gasteiger partial charge >= 0.3 is 0 Å². The molecule has 1 fully saturated rings. The largest absolute Gasteiger partial charge is 0.144 e. The first-order valence-corrected chi connectivity index (χ1v) is 7.79. The van der Waals surface area contributed by atoms with Crippen molar-refractivity contribution in [2.75, 3.05) is 0 Å². The molecular weight excluding hydrogens is 236 g/mol. The molecule has 1 aliphatic carbocycles. The highest BCUT2D eigenvalue weighted by atomic mass is 35.5. The van der Waals surface area contributed by atoms with Crippen LogP contribution in [-0.2, 0) is 6.42 Å². The van der Waals surface area contributed by atoms with Crippen LogP contribution < -0.4 is 0 Å². The molecule has 0 aromatic carbocycles. The van der Waals surface area contributed by atoms with Crippen LogP contribution in [-0.4, -0.2) is 0 Å². The molecule has 0 aliphatic heterocycles. The van der Waals surface area contributed by atoms with Crippen LogP contribution in [0.3, 0.4) is 0 Å². The molecule has 2 rings (SSSR count). The molecule has 0 saturated heterocycles. The molecule has 0 radical (unpaired) electrons. The Hall–Kier alpha value is -0.0100. The van der Waals surface area contributed by atoms with E-state index in [1.807, 2.05) is 11.3 Å². The van der Waals surface area contributed by atoms with E-state index in [1.165, 1.54) is 48.3 Å². The third-order valence-electron chi connectivity index (χ3n) is 3.62. The first-order chi connectivity index (χ1) is 7.81. The first-order valence-electron chi connectivity index (χ1n) is 6.54. The van der Waals surface area contributed by atoms with E-state index in [0.29, 0.717) is 5.92 Å². The molecule has 0 N–H and O–H groups in total. The number of thiophene rings is 1. The maximum Gasteiger partial charge on any atom is 0.0706 e. The fraction of sp³-hybridized carbons (Fsp3) is 0.714. The van der Waals surface area contributed by atoms with Gasteiger partial charge in [-0.15, -0.1) is 22.9 Å². The van der Waals surface area contributed by atoms with Gasteiger partial charge in [0.05, 0.1) is 5.38 Å². The molecule has 0 spiro atoms. The Morgan fingerprint density at radius 2 is 1.94 bits per heavy atom. The van der Waals surface area contributed by atoms with E-state index in [-0.39, 0.29) is 5.38 Å². The molecule has 16 heavy (non-hydrogen) atoms. The Kier molecular flexibility index (Phi) is 4.72. The second-order valence-electron chi connectivity index (χ2n) is 4.81. The average molecular weight is 257 g/mol. The van der Waals surface area contributed by atoms with Crippen molar-refractivity contribution in [3.63, 3.8) is 0 Å². The highest BCUT2D eigenvalue weighted by Crippen LogP contribution is 2.40. The van der Waals surface area contributed by atoms with Gasteiger partial charge in [-0.2, -0.15) is 0 Å². The second-order valence-corrected chi connectivity index (χ2v) is 6.48. The van der Waals surface area contributed by atoms with Crippen LogP contribution >= 0.6 is 22.9 Å². The molecular formula is C14H21ClS. The van der Waals surface area contributed by atoms with Crippen LogP contribution in [0, 0.1) is 5.92 Å². The van der Waals surface area contributed by atoms with E-state index in [1.54, 1.807) is 0 Å². The average Bonchev–Trinajstić information content (AvgIpc) is 2.62. The van der Waals surface area contributed by atoms with Gasteiger partial charge in [0.1, 0.15) is 0 Å². The van der Waals surface area contributed by atoms with Crippen molar-refractivity contribution < 1.29 is 0 Å². The lowest BCUT2D eigenvalue weighted by atomic mass is 9.95. The standard InChI is InChI=1S/C14H21ClS/c1-2-12-9-10-13(16-12)14(15)11-7-5-3-4-6-8-11/h9-11,14H,2-8H2,1H3. The van der Waals surface area contributed by atoms with E-state index in [2.05, 4.69) is 19.1 Å². The van der Waals surface area contributed by atoms with Crippen LogP contribution in [0.4, 0.5) is 0 Å². The van der Waals surface area contributed by atoms with Gasteiger partial charge < -0.3 is 0 Å². The highest BCUT2D eigenvalue weighted by molar-refractivity contribution is 7.12. The van der Waals surface area contributed by atoms with Crippen LogP contribution in [0.5, 0.6) is 0 Å². The Bertz CT molecular complexity index is 310. The van der Waals surface area contributed by atoms with Crippen LogP contribution in [0.2, 0.25) is 0 Å². The fourth-order valence-corrected chi connectivity index (χ4v) is 4.05. The number of rotatable bonds is 3. The monoisotopic (exact) mass is 256 g/mol. The number of hydrogen-bond donors (Lipinski definition) is 0. The number of aryl methyl sites for hydroxylation is 1. The molecule has 1 unspecified atom stereocenters. The zero-order valence-electron chi connectivity index (χ0n) is 10.0. The fourth-order valence-electron chi connectivity index (χ4n) is 2.57. The molecule has 1 aromatic rings.